The lowest BCUT2D eigenvalue weighted by molar-refractivity contribution is -0.130. The van der Waals surface area contributed by atoms with Gasteiger partial charge >= 0.3 is 0 Å². The molecule has 2 atom stereocenters. The summed E-state index contributed by atoms with van der Waals surface area (Å²) in [5.74, 6) is 1.96. The number of likely N-dealkylation sites (tertiary alicyclic amines) is 1. The fourth-order valence-electron chi connectivity index (χ4n) is 3.25. The van der Waals surface area contributed by atoms with Gasteiger partial charge in [-0.25, -0.2) is 0 Å². The van der Waals surface area contributed by atoms with Crippen LogP contribution in [0, 0.1) is 11.8 Å². The van der Waals surface area contributed by atoms with Crippen molar-refractivity contribution in [1.29, 1.82) is 0 Å². The number of amides is 1. The van der Waals surface area contributed by atoms with Crippen LogP contribution in [-0.4, -0.2) is 37.0 Å². The minimum Gasteiger partial charge on any atom is -0.343 e. The molecule has 0 aromatic carbocycles. The van der Waals surface area contributed by atoms with Gasteiger partial charge in [0.15, 0.2) is 0 Å². The normalized spacial score (nSPS) is 30.3. The number of hydrogen-bond acceptors (Lipinski definition) is 2. The predicted octanol–water partition coefficient (Wildman–Crippen LogP) is 2.41. The van der Waals surface area contributed by atoms with Crippen molar-refractivity contribution in [2.45, 2.75) is 51.9 Å². The second-order valence-corrected chi connectivity index (χ2v) is 5.98. The van der Waals surface area contributed by atoms with Crippen LogP contribution in [0.15, 0.2) is 0 Å². The van der Waals surface area contributed by atoms with Gasteiger partial charge < -0.3 is 10.2 Å². The first-order valence-electron chi connectivity index (χ1n) is 7.78. The van der Waals surface area contributed by atoms with Gasteiger partial charge in [-0.2, -0.15) is 0 Å². The molecule has 0 aromatic heterocycles. The lowest BCUT2D eigenvalue weighted by atomic mass is 9.96. The van der Waals surface area contributed by atoms with E-state index in [1.807, 2.05) is 0 Å². The highest BCUT2D eigenvalue weighted by atomic mass is 16.2. The Kier molecular flexibility index (Phi) is 5.48. The van der Waals surface area contributed by atoms with E-state index in [1.54, 1.807) is 0 Å². The van der Waals surface area contributed by atoms with Gasteiger partial charge in [0, 0.05) is 19.5 Å². The number of carbonyl (C=O) groups excluding carboxylic acids is 1. The lowest BCUT2D eigenvalue weighted by Crippen LogP contribution is -2.35. The fraction of sp³-hybridized carbons (Fsp3) is 0.933. The van der Waals surface area contributed by atoms with Crippen molar-refractivity contribution >= 4 is 5.91 Å². The number of rotatable bonds is 4. The summed E-state index contributed by atoms with van der Waals surface area (Å²) in [6.07, 6.45) is 8.16. The van der Waals surface area contributed by atoms with Crippen molar-refractivity contribution in [1.82, 2.24) is 10.2 Å². The molecule has 2 aliphatic rings. The van der Waals surface area contributed by atoms with Gasteiger partial charge in [-0.05, 0) is 57.0 Å². The van der Waals surface area contributed by atoms with E-state index in [2.05, 4.69) is 17.1 Å². The summed E-state index contributed by atoms with van der Waals surface area (Å²) < 4.78 is 0. The molecule has 0 spiro atoms. The van der Waals surface area contributed by atoms with E-state index in [0.29, 0.717) is 5.91 Å². The Labute approximate surface area is 111 Å². The summed E-state index contributed by atoms with van der Waals surface area (Å²) in [6, 6.07) is 0. The number of hydrogen-bond donors (Lipinski definition) is 1. The maximum absolute atomic E-state index is 12.1. The Balaban J connectivity index is 1.75. The zero-order valence-corrected chi connectivity index (χ0v) is 11.8. The molecule has 2 aliphatic heterocycles. The highest BCUT2D eigenvalue weighted by molar-refractivity contribution is 5.76. The second kappa shape index (κ2) is 7.13. The third-order valence-electron chi connectivity index (χ3n) is 4.71. The van der Waals surface area contributed by atoms with Crippen LogP contribution >= 0.6 is 0 Å². The van der Waals surface area contributed by atoms with Gasteiger partial charge in [-0.15, -0.1) is 0 Å². The second-order valence-electron chi connectivity index (χ2n) is 5.98. The summed E-state index contributed by atoms with van der Waals surface area (Å²) in [4.78, 5) is 14.2. The fourth-order valence-corrected chi connectivity index (χ4v) is 3.25. The molecule has 1 amide bonds. The Morgan fingerprint density at radius 2 is 2.17 bits per heavy atom. The van der Waals surface area contributed by atoms with Crippen LogP contribution in [0.5, 0.6) is 0 Å². The van der Waals surface area contributed by atoms with Crippen LogP contribution in [0.1, 0.15) is 51.9 Å². The van der Waals surface area contributed by atoms with E-state index in [-0.39, 0.29) is 0 Å². The molecule has 104 valence electrons. The lowest BCUT2D eigenvalue weighted by Gasteiger charge is -2.27. The average molecular weight is 252 g/mol. The SMILES string of the molecule is CCC1CCC(=O)N(CCC2CCCNC2)CC1. The molecule has 0 aliphatic carbocycles. The van der Waals surface area contributed by atoms with E-state index in [0.717, 1.165) is 44.3 Å². The number of nitrogens with zero attached hydrogens (tertiary/aromatic N) is 1. The van der Waals surface area contributed by atoms with Crippen molar-refractivity contribution in [2.75, 3.05) is 26.2 Å². The first-order chi connectivity index (χ1) is 8.79. The predicted molar refractivity (Wildman–Crippen MR) is 74.4 cm³/mol. The molecule has 0 saturated carbocycles. The molecular weight excluding hydrogens is 224 g/mol. The van der Waals surface area contributed by atoms with Crippen molar-refractivity contribution in [3.05, 3.63) is 0 Å². The summed E-state index contributed by atoms with van der Waals surface area (Å²) in [5.41, 5.74) is 0. The third-order valence-corrected chi connectivity index (χ3v) is 4.71. The largest absolute Gasteiger partial charge is 0.343 e. The van der Waals surface area contributed by atoms with Crippen molar-refractivity contribution in [2.24, 2.45) is 11.8 Å². The Morgan fingerprint density at radius 3 is 2.89 bits per heavy atom. The van der Waals surface area contributed by atoms with Crippen LogP contribution in [0.4, 0.5) is 0 Å². The molecule has 0 radical (unpaired) electrons. The molecular formula is C15H28N2O. The number of carbonyl (C=O) groups is 1. The van der Waals surface area contributed by atoms with Gasteiger partial charge in [0.05, 0.1) is 0 Å². The van der Waals surface area contributed by atoms with Crippen molar-refractivity contribution in [3.63, 3.8) is 0 Å². The number of nitrogens with one attached hydrogen (secondary N) is 1. The zero-order chi connectivity index (χ0) is 12.8. The van der Waals surface area contributed by atoms with Gasteiger partial charge in [-0.1, -0.05) is 13.3 Å². The molecule has 0 aromatic rings. The molecule has 18 heavy (non-hydrogen) atoms. The molecule has 2 fully saturated rings. The molecule has 3 nitrogen and oxygen atoms in total. The Morgan fingerprint density at radius 1 is 1.28 bits per heavy atom. The molecule has 2 rings (SSSR count). The minimum atomic E-state index is 0.398. The van der Waals surface area contributed by atoms with Gasteiger partial charge in [0.25, 0.3) is 0 Å². The zero-order valence-electron chi connectivity index (χ0n) is 11.8. The van der Waals surface area contributed by atoms with Crippen LogP contribution in [-0.2, 0) is 4.79 Å². The van der Waals surface area contributed by atoms with Crippen LogP contribution < -0.4 is 5.32 Å². The van der Waals surface area contributed by atoms with E-state index < -0.39 is 0 Å². The molecule has 2 unspecified atom stereocenters. The summed E-state index contributed by atoms with van der Waals surface area (Å²) in [7, 11) is 0. The minimum absolute atomic E-state index is 0.398. The smallest absolute Gasteiger partial charge is 0.222 e. The molecule has 3 heteroatoms. The van der Waals surface area contributed by atoms with Crippen molar-refractivity contribution in [3.8, 4) is 0 Å². The maximum atomic E-state index is 12.1. The summed E-state index contributed by atoms with van der Waals surface area (Å²) in [6.45, 7) is 6.56. The van der Waals surface area contributed by atoms with Crippen LogP contribution in [0.3, 0.4) is 0 Å². The molecule has 2 saturated heterocycles. The highest BCUT2D eigenvalue weighted by Crippen LogP contribution is 2.22. The van der Waals surface area contributed by atoms with Crippen LogP contribution in [0.2, 0.25) is 0 Å². The third kappa shape index (κ3) is 3.98. The van der Waals surface area contributed by atoms with E-state index in [9.17, 15) is 4.79 Å². The first kappa shape index (κ1) is 13.9. The average Bonchev–Trinajstić information content (AvgIpc) is 2.60. The summed E-state index contributed by atoms with van der Waals surface area (Å²) >= 11 is 0. The topological polar surface area (TPSA) is 32.3 Å². The van der Waals surface area contributed by atoms with Crippen LogP contribution in [0.25, 0.3) is 0 Å². The standard InChI is InChI=1S/C15H28N2O/c1-2-13-5-6-15(18)17(10-7-13)11-8-14-4-3-9-16-12-14/h13-14,16H,2-12H2,1H3. The molecule has 1 N–H and O–H groups in total. The van der Waals surface area contributed by atoms with Crippen molar-refractivity contribution < 1.29 is 4.79 Å². The Hall–Kier alpha value is -0.570. The summed E-state index contributed by atoms with van der Waals surface area (Å²) in [5, 5.41) is 3.46. The van der Waals surface area contributed by atoms with Gasteiger partial charge in [0.2, 0.25) is 5.91 Å². The maximum Gasteiger partial charge on any atom is 0.222 e. The molecule has 0 bridgehead atoms. The quantitative estimate of drug-likeness (QED) is 0.833. The first-order valence-corrected chi connectivity index (χ1v) is 7.78. The van der Waals surface area contributed by atoms with Gasteiger partial charge in [-0.3, -0.25) is 4.79 Å². The van der Waals surface area contributed by atoms with Gasteiger partial charge in [0.1, 0.15) is 0 Å². The van der Waals surface area contributed by atoms with E-state index >= 15 is 0 Å². The van der Waals surface area contributed by atoms with E-state index in [1.165, 1.54) is 38.6 Å². The molecule has 2 heterocycles. The number of piperidine rings is 1. The van der Waals surface area contributed by atoms with E-state index in [4.69, 9.17) is 0 Å². The highest BCUT2D eigenvalue weighted by Gasteiger charge is 2.22. The Bertz CT molecular complexity index is 261. The monoisotopic (exact) mass is 252 g/mol.